The molecule has 1 unspecified atom stereocenters. The van der Waals surface area contributed by atoms with Crippen molar-refractivity contribution in [2.45, 2.75) is 13.1 Å². The molecule has 0 spiro atoms. The number of aromatic nitrogens is 3. The van der Waals surface area contributed by atoms with Crippen LogP contribution in [0.25, 0.3) is 11.2 Å². The Morgan fingerprint density at radius 1 is 1.29 bits per heavy atom. The van der Waals surface area contributed by atoms with Crippen LogP contribution in [0.4, 0.5) is 0 Å². The lowest BCUT2D eigenvalue weighted by atomic mass is 10.1. The summed E-state index contributed by atoms with van der Waals surface area (Å²) in [5, 5.41) is 14.3. The third-order valence-electron chi connectivity index (χ3n) is 5.59. The SMILES string of the molecule is CC1=C(c2ccc3ncc(C(=O)NC4=CC=CC(N5CCOCC5)N4)n3n2)C=CCN1. The van der Waals surface area contributed by atoms with Gasteiger partial charge in [0.15, 0.2) is 11.3 Å². The molecule has 9 nitrogen and oxygen atoms in total. The molecule has 0 aliphatic carbocycles. The normalized spacial score (nSPS) is 21.6. The van der Waals surface area contributed by atoms with Gasteiger partial charge >= 0.3 is 0 Å². The van der Waals surface area contributed by atoms with Crippen molar-refractivity contribution in [3.05, 3.63) is 71.6 Å². The van der Waals surface area contributed by atoms with Crippen molar-refractivity contribution < 1.29 is 9.53 Å². The molecule has 5 rings (SSSR count). The molecule has 1 saturated heterocycles. The first kappa shape index (κ1) is 19.5. The fourth-order valence-electron chi connectivity index (χ4n) is 3.90. The summed E-state index contributed by atoms with van der Waals surface area (Å²) in [6.45, 7) is 5.95. The first-order valence-corrected chi connectivity index (χ1v) is 10.4. The summed E-state index contributed by atoms with van der Waals surface area (Å²) in [5.74, 6) is 0.378. The van der Waals surface area contributed by atoms with Crippen LogP contribution in [0.3, 0.4) is 0 Å². The highest BCUT2D eigenvalue weighted by molar-refractivity contribution is 5.94. The zero-order valence-electron chi connectivity index (χ0n) is 17.3. The summed E-state index contributed by atoms with van der Waals surface area (Å²) in [5.41, 5.74) is 3.84. The Morgan fingerprint density at radius 3 is 3.00 bits per heavy atom. The molecule has 9 heteroatoms. The predicted molar refractivity (Wildman–Crippen MR) is 117 cm³/mol. The maximum absolute atomic E-state index is 13.0. The Kier molecular flexibility index (Phi) is 5.27. The molecule has 160 valence electrons. The molecule has 1 atom stereocenters. The number of imidazole rings is 1. The van der Waals surface area contributed by atoms with Gasteiger partial charge < -0.3 is 20.7 Å². The van der Waals surface area contributed by atoms with Gasteiger partial charge in [-0.05, 0) is 31.2 Å². The number of carbonyl (C=O) groups excluding carboxylic acids is 1. The number of allylic oxidation sites excluding steroid dienone is 5. The van der Waals surface area contributed by atoms with E-state index in [9.17, 15) is 4.79 Å². The van der Waals surface area contributed by atoms with Crippen molar-refractivity contribution in [1.29, 1.82) is 0 Å². The van der Waals surface area contributed by atoms with E-state index in [4.69, 9.17) is 4.74 Å². The largest absolute Gasteiger partial charge is 0.385 e. The van der Waals surface area contributed by atoms with Gasteiger partial charge in [-0.3, -0.25) is 9.69 Å². The van der Waals surface area contributed by atoms with Gasteiger partial charge in [0.2, 0.25) is 0 Å². The highest BCUT2D eigenvalue weighted by Crippen LogP contribution is 2.20. The van der Waals surface area contributed by atoms with E-state index in [-0.39, 0.29) is 12.1 Å². The molecule has 31 heavy (non-hydrogen) atoms. The van der Waals surface area contributed by atoms with Gasteiger partial charge in [-0.2, -0.15) is 5.10 Å². The Balaban J connectivity index is 1.35. The van der Waals surface area contributed by atoms with Crippen LogP contribution in [0.2, 0.25) is 0 Å². The predicted octanol–water partition coefficient (Wildman–Crippen LogP) is 1.01. The molecule has 2 aromatic rings. The van der Waals surface area contributed by atoms with Crippen molar-refractivity contribution >= 4 is 17.1 Å². The third-order valence-corrected chi connectivity index (χ3v) is 5.59. The fourth-order valence-corrected chi connectivity index (χ4v) is 3.90. The van der Waals surface area contributed by atoms with E-state index in [1.165, 1.54) is 0 Å². The van der Waals surface area contributed by atoms with Crippen molar-refractivity contribution in [3.63, 3.8) is 0 Å². The van der Waals surface area contributed by atoms with Crippen molar-refractivity contribution in [2.75, 3.05) is 32.8 Å². The number of carbonyl (C=O) groups is 1. The lowest BCUT2D eigenvalue weighted by Gasteiger charge is -2.35. The standard InChI is InChI=1S/C22H25N7O2/c1-15-16(4-3-9-23-15)17-7-8-20-24-14-18(29(20)27-17)22(30)26-19-5-2-6-21(25-19)28-10-12-31-13-11-28/h2-8,14,21,23,25H,9-13H2,1H3,(H,26,30). The van der Waals surface area contributed by atoms with Gasteiger partial charge in [0.25, 0.3) is 5.91 Å². The summed E-state index contributed by atoms with van der Waals surface area (Å²) < 4.78 is 7.02. The second kappa shape index (κ2) is 8.37. The Bertz CT molecular complexity index is 1120. The van der Waals surface area contributed by atoms with E-state index in [1.807, 2.05) is 37.3 Å². The van der Waals surface area contributed by atoms with E-state index in [0.717, 1.165) is 36.6 Å². The van der Waals surface area contributed by atoms with Crippen molar-refractivity contribution in [2.24, 2.45) is 0 Å². The Hall–Kier alpha value is -3.43. The van der Waals surface area contributed by atoms with Crippen LogP contribution in [0.5, 0.6) is 0 Å². The van der Waals surface area contributed by atoms with Gasteiger partial charge in [0, 0.05) is 30.9 Å². The van der Waals surface area contributed by atoms with Gasteiger partial charge in [0.1, 0.15) is 12.0 Å². The van der Waals surface area contributed by atoms with Gasteiger partial charge in [0.05, 0.1) is 25.1 Å². The molecule has 3 aliphatic rings. The molecular formula is C22H25N7O2. The van der Waals surface area contributed by atoms with Crippen LogP contribution in [0.1, 0.15) is 23.1 Å². The molecular weight excluding hydrogens is 394 g/mol. The number of amides is 1. The summed E-state index contributed by atoms with van der Waals surface area (Å²) in [4.78, 5) is 19.7. The second-order valence-electron chi connectivity index (χ2n) is 7.61. The van der Waals surface area contributed by atoms with E-state index >= 15 is 0 Å². The minimum Gasteiger partial charge on any atom is -0.385 e. The smallest absolute Gasteiger partial charge is 0.277 e. The average Bonchev–Trinajstić information content (AvgIpc) is 3.24. The van der Waals surface area contributed by atoms with Gasteiger partial charge in [-0.1, -0.05) is 18.2 Å². The second-order valence-corrected chi connectivity index (χ2v) is 7.61. The van der Waals surface area contributed by atoms with Crippen LogP contribution in [0, 0.1) is 0 Å². The zero-order chi connectivity index (χ0) is 21.2. The molecule has 0 radical (unpaired) electrons. The number of nitrogens with zero attached hydrogens (tertiary/aromatic N) is 4. The molecule has 1 fully saturated rings. The van der Waals surface area contributed by atoms with E-state index in [2.05, 4.69) is 43.1 Å². The first-order valence-electron chi connectivity index (χ1n) is 10.4. The number of dihydropyridines is 2. The van der Waals surface area contributed by atoms with Crippen LogP contribution < -0.4 is 16.0 Å². The fraction of sp³-hybridized carbons (Fsp3) is 0.318. The van der Waals surface area contributed by atoms with Crippen molar-refractivity contribution in [1.82, 2.24) is 35.4 Å². The van der Waals surface area contributed by atoms with Gasteiger partial charge in [-0.25, -0.2) is 9.50 Å². The quantitative estimate of drug-likeness (QED) is 0.681. The number of fused-ring (bicyclic) bond motifs is 1. The van der Waals surface area contributed by atoms with Gasteiger partial charge in [-0.15, -0.1) is 0 Å². The molecule has 0 saturated carbocycles. The average molecular weight is 419 g/mol. The Morgan fingerprint density at radius 2 is 2.16 bits per heavy atom. The molecule has 1 amide bonds. The minimum atomic E-state index is -0.269. The number of ether oxygens (including phenoxy) is 1. The van der Waals surface area contributed by atoms with Crippen molar-refractivity contribution in [3.8, 4) is 0 Å². The van der Waals surface area contributed by atoms with E-state index in [0.29, 0.717) is 30.4 Å². The lowest BCUT2D eigenvalue weighted by Crippen LogP contribution is -2.52. The number of morpholine rings is 1. The summed E-state index contributed by atoms with van der Waals surface area (Å²) >= 11 is 0. The monoisotopic (exact) mass is 419 g/mol. The molecule has 3 aliphatic heterocycles. The highest BCUT2D eigenvalue weighted by Gasteiger charge is 2.22. The summed E-state index contributed by atoms with van der Waals surface area (Å²) in [6, 6.07) is 3.79. The van der Waals surface area contributed by atoms with Crippen LogP contribution in [0.15, 0.2) is 60.2 Å². The molecule has 2 aromatic heterocycles. The third kappa shape index (κ3) is 3.97. The van der Waals surface area contributed by atoms with E-state index in [1.54, 1.807) is 10.7 Å². The summed E-state index contributed by atoms with van der Waals surface area (Å²) in [7, 11) is 0. The number of hydrogen-bond donors (Lipinski definition) is 3. The van der Waals surface area contributed by atoms with Crippen LogP contribution >= 0.6 is 0 Å². The zero-order valence-corrected chi connectivity index (χ0v) is 17.3. The number of nitrogens with one attached hydrogen (secondary N) is 3. The number of hydrogen-bond acceptors (Lipinski definition) is 7. The molecule has 5 heterocycles. The maximum Gasteiger partial charge on any atom is 0.277 e. The van der Waals surface area contributed by atoms with E-state index < -0.39 is 0 Å². The minimum absolute atomic E-state index is 0.0246. The van der Waals surface area contributed by atoms with Crippen LogP contribution in [-0.4, -0.2) is 64.4 Å². The topological polar surface area (TPSA) is 95.8 Å². The molecule has 3 N–H and O–H groups in total. The lowest BCUT2D eigenvalue weighted by molar-refractivity contribution is 0.0206. The highest BCUT2D eigenvalue weighted by atomic mass is 16.5. The maximum atomic E-state index is 13.0. The molecule has 0 aromatic carbocycles. The number of rotatable bonds is 4. The summed E-state index contributed by atoms with van der Waals surface area (Å²) in [6.07, 6.45) is 11.6. The van der Waals surface area contributed by atoms with Crippen LogP contribution in [-0.2, 0) is 4.74 Å². The first-order chi connectivity index (χ1) is 15.2. The molecule has 0 bridgehead atoms. The Labute approximate surface area is 180 Å².